The van der Waals surface area contributed by atoms with Crippen LogP contribution in [0.5, 0.6) is 0 Å². The summed E-state index contributed by atoms with van der Waals surface area (Å²) in [6, 6.07) is 4.05. The number of halogens is 1. The van der Waals surface area contributed by atoms with Crippen molar-refractivity contribution in [2.75, 3.05) is 26.2 Å². The van der Waals surface area contributed by atoms with Gasteiger partial charge in [0.1, 0.15) is 0 Å². The van der Waals surface area contributed by atoms with Crippen molar-refractivity contribution in [3.8, 4) is 0 Å². The quantitative estimate of drug-likeness (QED) is 0.620. The molecule has 1 N–H and O–H groups in total. The van der Waals surface area contributed by atoms with Gasteiger partial charge in [-0.05, 0) is 50.0 Å². The van der Waals surface area contributed by atoms with Crippen molar-refractivity contribution < 1.29 is 9.31 Å². The number of nitro benzene ring substituents is 1. The van der Waals surface area contributed by atoms with Crippen molar-refractivity contribution in [3.05, 3.63) is 39.7 Å². The van der Waals surface area contributed by atoms with Gasteiger partial charge in [0.05, 0.1) is 4.92 Å². The summed E-state index contributed by atoms with van der Waals surface area (Å²) in [5, 5.41) is 13.8. The molecule has 116 valence electrons. The largest absolute Gasteiger partial charge is 0.312 e. The summed E-state index contributed by atoms with van der Waals surface area (Å²) < 4.78 is 13.5. The average molecular weight is 295 g/mol. The topological polar surface area (TPSA) is 58.4 Å². The number of hydrogen-bond acceptors (Lipinski definition) is 4. The number of nitrogens with one attached hydrogen (secondary N) is 1. The van der Waals surface area contributed by atoms with E-state index in [-0.39, 0.29) is 0 Å². The summed E-state index contributed by atoms with van der Waals surface area (Å²) >= 11 is 0. The minimum atomic E-state index is -0.774. The number of nitrogens with zero attached hydrogens (tertiary/aromatic N) is 2. The van der Waals surface area contributed by atoms with Crippen LogP contribution in [-0.2, 0) is 6.54 Å². The summed E-state index contributed by atoms with van der Waals surface area (Å²) in [6.45, 7) is 7.05. The fourth-order valence-electron chi connectivity index (χ4n) is 2.74. The third-order valence-corrected chi connectivity index (χ3v) is 3.80. The number of benzene rings is 1. The standard InChI is InChI=1S/C15H22FN3O2/c1-12(11-18-6-2-3-7-18)9-17-10-13-4-5-15(19(20)21)14(16)8-13/h4-5,8,12,17H,2-3,6-7,9-11H2,1H3. The molecular formula is C15H22FN3O2. The smallest absolute Gasteiger partial charge is 0.304 e. The minimum Gasteiger partial charge on any atom is -0.312 e. The molecule has 1 aromatic rings. The second-order valence-corrected chi connectivity index (χ2v) is 5.79. The fourth-order valence-corrected chi connectivity index (χ4v) is 2.74. The first-order valence-electron chi connectivity index (χ1n) is 7.42. The number of hydrogen-bond donors (Lipinski definition) is 1. The van der Waals surface area contributed by atoms with Crippen LogP contribution >= 0.6 is 0 Å². The normalized spacial score (nSPS) is 17.0. The van der Waals surface area contributed by atoms with E-state index < -0.39 is 16.4 Å². The van der Waals surface area contributed by atoms with E-state index in [1.807, 2.05) is 0 Å². The molecule has 0 radical (unpaired) electrons. The van der Waals surface area contributed by atoms with Gasteiger partial charge >= 0.3 is 5.69 Å². The Labute approximate surface area is 124 Å². The van der Waals surface area contributed by atoms with E-state index in [4.69, 9.17) is 0 Å². The third kappa shape index (κ3) is 4.75. The zero-order valence-electron chi connectivity index (χ0n) is 12.3. The zero-order valence-corrected chi connectivity index (χ0v) is 12.3. The molecule has 5 nitrogen and oxygen atoms in total. The van der Waals surface area contributed by atoms with Gasteiger partial charge in [0, 0.05) is 19.2 Å². The van der Waals surface area contributed by atoms with E-state index in [1.54, 1.807) is 6.07 Å². The minimum absolute atomic E-state index is 0.471. The molecule has 1 unspecified atom stereocenters. The van der Waals surface area contributed by atoms with E-state index in [2.05, 4.69) is 17.1 Å². The Morgan fingerprint density at radius 2 is 2.14 bits per heavy atom. The third-order valence-electron chi connectivity index (χ3n) is 3.80. The SMILES string of the molecule is CC(CNCc1ccc([N+](=O)[O-])c(F)c1)CN1CCCC1. The Balaban J connectivity index is 1.75. The lowest BCUT2D eigenvalue weighted by Crippen LogP contribution is -2.31. The maximum absolute atomic E-state index is 13.5. The summed E-state index contributed by atoms with van der Waals surface area (Å²) in [6.07, 6.45) is 2.59. The molecule has 6 heteroatoms. The number of likely N-dealkylation sites (tertiary alicyclic amines) is 1. The molecule has 1 atom stereocenters. The second-order valence-electron chi connectivity index (χ2n) is 5.79. The van der Waals surface area contributed by atoms with E-state index in [0.717, 1.165) is 18.7 Å². The Morgan fingerprint density at radius 3 is 2.76 bits per heavy atom. The highest BCUT2D eigenvalue weighted by atomic mass is 19.1. The molecule has 0 bridgehead atoms. The van der Waals surface area contributed by atoms with E-state index in [1.165, 1.54) is 38.1 Å². The predicted molar refractivity (Wildman–Crippen MR) is 79.6 cm³/mol. The molecule has 21 heavy (non-hydrogen) atoms. The molecule has 0 spiro atoms. The summed E-state index contributed by atoms with van der Waals surface area (Å²) in [4.78, 5) is 12.3. The van der Waals surface area contributed by atoms with Crippen molar-refractivity contribution in [3.63, 3.8) is 0 Å². The Hall–Kier alpha value is -1.53. The van der Waals surface area contributed by atoms with Gasteiger partial charge in [0.25, 0.3) is 0 Å². The first-order valence-corrected chi connectivity index (χ1v) is 7.42. The molecule has 0 aromatic heterocycles. The molecule has 1 aromatic carbocycles. The molecule has 1 fully saturated rings. The highest BCUT2D eigenvalue weighted by Gasteiger charge is 2.15. The van der Waals surface area contributed by atoms with Gasteiger partial charge in [-0.2, -0.15) is 4.39 Å². The second kappa shape index (κ2) is 7.47. The maximum Gasteiger partial charge on any atom is 0.304 e. The van der Waals surface area contributed by atoms with Gasteiger partial charge in [-0.3, -0.25) is 10.1 Å². The molecule has 1 heterocycles. The lowest BCUT2D eigenvalue weighted by molar-refractivity contribution is -0.387. The Bertz CT molecular complexity index is 490. The van der Waals surface area contributed by atoms with Crippen molar-refractivity contribution in [2.45, 2.75) is 26.3 Å². The molecule has 0 saturated carbocycles. The van der Waals surface area contributed by atoms with E-state index >= 15 is 0 Å². The first kappa shape index (κ1) is 15.9. The van der Waals surface area contributed by atoms with Crippen LogP contribution in [0.3, 0.4) is 0 Å². The molecule has 1 aliphatic heterocycles. The van der Waals surface area contributed by atoms with E-state index in [0.29, 0.717) is 12.5 Å². The average Bonchev–Trinajstić information content (AvgIpc) is 2.91. The number of rotatable bonds is 7. The van der Waals surface area contributed by atoms with Crippen LogP contribution in [0.2, 0.25) is 0 Å². The summed E-state index contributed by atoms with van der Waals surface area (Å²) in [7, 11) is 0. The van der Waals surface area contributed by atoms with Gasteiger partial charge in [-0.1, -0.05) is 13.0 Å². The van der Waals surface area contributed by atoms with Crippen LogP contribution in [0, 0.1) is 21.8 Å². The Morgan fingerprint density at radius 1 is 1.43 bits per heavy atom. The Kier molecular flexibility index (Phi) is 5.64. The highest BCUT2D eigenvalue weighted by molar-refractivity contribution is 5.34. The van der Waals surface area contributed by atoms with Gasteiger partial charge in [0.2, 0.25) is 5.82 Å². The lowest BCUT2D eigenvalue weighted by Gasteiger charge is -2.20. The predicted octanol–water partition coefficient (Wildman–Crippen LogP) is 2.56. The van der Waals surface area contributed by atoms with Crippen LogP contribution in [-0.4, -0.2) is 36.0 Å². The maximum atomic E-state index is 13.5. The number of nitro groups is 1. The van der Waals surface area contributed by atoms with Gasteiger partial charge in [0.15, 0.2) is 0 Å². The zero-order chi connectivity index (χ0) is 15.2. The monoisotopic (exact) mass is 295 g/mol. The molecule has 0 amide bonds. The molecule has 0 aliphatic carbocycles. The van der Waals surface area contributed by atoms with Crippen LogP contribution in [0.25, 0.3) is 0 Å². The van der Waals surface area contributed by atoms with Gasteiger partial charge < -0.3 is 10.2 Å². The van der Waals surface area contributed by atoms with Crippen LogP contribution in [0.4, 0.5) is 10.1 Å². The van der Waals surface area contributed by atoms with Crippen molar-refractivity contribution in [2.24, 2.45) is 5.92 Å². The summed E-state index contributed by atoms with van der Waals surface area (Å²) in [5.41, 5.74) is 0.257. The first-order chi connectivity index (χ1) is 10.1. The van der Waals surface area contributed by atoms with E-state index in [9.17, 15) is 14.5 Å². The molecule has 2 rings (SSSR count). The van der Waals surface area contributed by atoms with Crippen LogP contribution < -0.4 is 5.32 Å². The fraction of sp³-hybridized carbons (Fsp3) is 0.600. The lowest BCUT2D eigenvalue weighted by atomic mass is 10.1. The summed E-state index contributed by atoms with van der Waals surface area (Å²) in [5.74, 6) is -0.240. The molecular weight excluding hydrogens is 273 g/mol. The van der Waals surface area contributed by atoms with Gasteiger partial charge in [-0.15, -0.1) is 0 Å². The van der Waals surface area contributed by atoms with Crippen molar-refractivity contribution in [1.29, 1.82) is 0 Å². The van der Waals surface area contributed by atoms with Crippen LogP contribution in [0.15, 0.2) is 18.2 Å². The van der Waals surface area contributed by atoms with Crippen molar-refractivity contribution >= 4 is 5.69 Å². The van der Waals surface area contributed by atoms with Crippen molar-refractivity contribution in [1.82, 2.24) is 10.2 Å². The highest BCUT2D eigenvalue weighted by Crippen LogP contribution is 2.18. The van der Waals surface area contributed by atoms with Crippen LogP contribution in [0.1, 0.15) is 25.3 Å². The van der Waals surface area contributed by atoms with Gasteiger partial charge in [-0.25, -0.2) is 0 Å². The molecule has 1 aliphatic rings. The molecule has 1 saturated heterocycles.